The molecule has 2 aromatic heterocycles. The van der Waals surface area contributed by atoms with E-state index in [0.29, 0.717) is 11.0 Å². The Bertz CT molecular complexity index is 397. The average molecular weight is 244 g/mol. The molecule has 7 heteroatoms. The van der Waals surface area contributed by atoms with Crippen LogP contribution in [0.25, 0.3) is 0 Å². The molecule has 0 amide bonds. The van der Waals surface area contributed by atoms with Gasteiger partial charge < -0.3 is 9.88 Å². The molecule has 0 saturated heterocycles. The van der Waals surface area contributed by atoms with Crippen molar-refractivity contribution >= 4 is 29.1 Å². The molecule has 0 spiro atoms. The van der Waals surface area contributed by atoms with Crippen LogP contribution >= 0.6 is 23.3 Å². The van der Waals surface area contributed by atoms with Crippen molar-refractivity contribution in [2.45, 2.75) is 13.5 Å². The van der Waals surface area contributed by atoms with Crippen LogP contribution in [0.4, 0.5) is 5.82 Å². The lowest BCUT2D eigenvalue weighted by molar-refractivity contribution is 0.700. The standard InChI is InChI=1S/C8H10ClN5S/c1-6-10-2-4-14(6)5-3-11-8-7(9)12-15-13-8/h2,4H,3,5H2,1H3,(H,11,13). The molecule has 5 nitrogen and oxygen atoms in total. The summed E-state index contributed by atoms with van der Waals surface area (Å²) in [6, 6.07) is 0. The smallest absolute Gasteiger partial charge is 0.186 e. The minimum absolute atomic E-state index is 0.433. The summed E-state index contributed by atoms with van der Waals surface area (Å²) in [7, 11) is 0. The van der Waals surface area contributed by atoms with Gasteiger partial charge >= 0.3 is 0 Å². The van der Waals surface area contributed by atoms with E-state index in [2.05, 4.69) is 23.6 Å². The Kier molecular flexibility index (Phi) is 3.17. The van der Waals surface area contributed by atoms with Gasteiger partial charge in [0.25, 0.3) is 0 Å². The molecule has 0 aliphatic rings. The van der Waals surface area contributed by atoms with Gasteiger partial charge in [-0.25, -0.2) is 4.98 Å². The molecule has 0 fully saturated rings. The number of aryl methyl sites for hydroxylation is 1. The maximum atomic E-state index is 5.79. The Labute approximate surface area is 96.4 Å². The second kappa shape index (κ2) is 4.59. The van der Waals surface area contributed by atoms with Gasteiger partial charge in [-0.05, 0) is 6.92 Å². The molecule has 1 N–H and O–H groups in total. The van der Waals surface area contributed by atoms with Gasteiger partial charge in [0.2, 0.25) is 0 Å². The van der Waals surface area contributed by atoms with Crippen molar-refractivity contribution in [2.75, 3.05) is 11.9 Å². The summed E-state index contributed by atoms with van der Waals surface area (Å²) in [5, 5.41) is 3.55. The van der Waals surface area contributed by atoms with Crippen LogP contribution in [0.3, 0.4) is 0 Å². The van der Waals surface area contributed by atoms with E-state index in [0.717, 1.165) is 30.6 Å². The number of nitrogens with zero attached hydrogens (tertiary/aromatic N) is 4. The number of imidazole rings is 1. The molecule has 0 unspecified atom stereocenters. The van der Waals surface area contributed by atoms with Gasteiger partial charge in [0.1, 0.15) is 5.82 Å². The van der Waals surface area contributed by atoms with E-state index in [1.54, 1.807) is 6.20 Å². The normalized spacial score (nSPS) is 10.5. The summed E-state index contributed by atoms with van der Waals surface area (Å²) in [6.45, 7) is 3.55. The van der Waals surface area contributed by atoms with Gasteiger partial charge in [0.05, 0.1) is 11.7 Å². The van der Waals surface area contributed by atoms with Crippen molar-refractivity contribution in [1.29, 1.82) is 0 Å². The second-order valence-electron chi connectivity index (χ2n) is 3.00. The summed E-state index contributed by atoms with van der Waals surface area (Å²) in [5.41, 5.74) is 0. The molecule has 0 radical (unpaired) electrons. The van der Waals surface area contributed by atoms with Crippen LogP contribution < -0.4 is 5.32 Å². The Morgan fingerprint density at radius 1 is 1.53 bits per heavy atom. The van der Waals surface area contributed by atoms with Gasteiger partial charge in [-0.2, -0.15) is 8.75 Å². The van der Waals surface area contributed by atoms with Crippen LogP contribution in [0.15, 0.2) is 12.4 Å². The maximum absolute atomic E-state index is 5.79. The third-order valence-electron chi connectivity index (χ3n) is 2.02. The molecule has 0 aromatic carbocycles. The number of nitrogens with one attached hydrogen (secondary N) is 1. The predicted octanol–water partition coefficient (Wildman–Crippen LogP) is 1.81. The molecule has 2 aromatic rings. The summed E-state index contributed by atoms with van der Waals surface area (Å²) in [4.78, 5) is 4.13. The number of rotatable bonds is 4. The molecule has 15 heavy (non-hydrogen) atoms. The second-order valence-corrected chi connectivity index (χ2v) is 3.88. The van der Waals surface area contributed by atoms with Crippen LogP contribution in [0, 0.1) is 6.92 Å². The Morgan fingerprint density at radius 3 is 3.00 bits per heavy atom. The SMILES string of the molecule is Cc1nccn1CCNc1nsnc1Cl. The topological polar surface area (TPSA) is 55.6 Å². The van der Waals surface area contributed by atoms with E-state index in [4.69, 9.17) is 11.6 Å². The van der Waals surface area contributed by atoms with Crippen LogP contribution in [0.1, 0.15) is 5.82 Å². The van der Waals surface area contributed by atoms with Crippen LogP contribution in [0.2, 0.25) is 5.15 Å². The minimum atomic E-state index is 0.433. The van der Waals surface area contributed by atoms with Crippen LogP contribution in [0.5, 0.6) is 0 Å². The van der Waals surface area contributed by atoms with Gasteiger partial charge in [-0.15, -0.1) is 0 Å². The lowest BCUT2D eigenvalue weighted by Gasteiger charge is -2.05. The Hall–Kier alpha value is -1.14. The van der Waals surface area contributed by atoms with Crippen molar-refractivity contribution in [1.82, 2.24) is 18.3 Å². The summed E-state index contributed by atoms with van der Waals surface area (Å²) < 4.78 is 9.94. The number of aromatic nitrogens is 4. The fourth-order valence-corrected chi connectivity index (χ4v) is 1.90. The van der Waals surface area contributed by atoms with Crippen molar-refractivity contribution < 1.29 is 0 Å². The molecule has 0 atom stereocenters. The summed E-state index contributed by atoms with van der Waals surface area (Å²) >= 11 is 6.89. The van der Waals surface area contributed by atoms with E-state index in [9.17, 15) is 0 Å². The third-order valence-corrected chi connectivity index (χ3v) is 2.91. The third kappa shape index (κ3) is 2.45. The van der Waals surface area contributed by atoms with E-state index in [1.807, 2.05) is 13.1 Å². The van der Waals surface area contributed by atoms with E-state index in [-0.39, 0.29) is 0 Å². The zero-order valence-corrected chi connectivity index (χ0v) is 9.72. The van der Waals surface area contributed by atoms with Crippen LogP contribution in [-0.2, 0) is 6.54 Å². The fraction of sp³-hybridized carbons (Fsp3) is 0.375. The molecule has 0 aliphatic heterocycles. The summed E-state index contributed by atoms with van der Waals surface area (Å²) in [5.74, 6) is 1.65. The first kappa shape index (κ1) is 10.4. The first-order valence-electron chi connectivity index (χ1n) is 4.47. The fourth-order valence-electron chi connectivity index (χ4n) is 1.22. The quantitative estimate of drug-likeness (QED) is 0.890. The molecular weight excluding hydrogens is 234 g/mol. The molecule has 0 bridgehead atoms. The highest BCUT2D eigenvalue weighted by Gasteiger charge is 2.03. The Morgan fingerprint density at radius 2 is 2.40 bits per heavy atom. The van der Waals surface area contributed by atoms with E-state index < -0.39 is 0 Å². The molecule has 0 aliphatic carbocycles. The highest BCUT2D eigenvalue weighted by atomic mass is 35.5. The zero-order chi connectivity index (χ0) is 10.7. The van der Waals surface area contributed by atoms with Gasteiger partial charge in [-0.1, -0.05) is 11.6 Å². The monoisotopic (exact) mass is 243 g/mol. The number of halogens is 1. The van der Waals surface area contributed by atoms with Crippen LogP contribution in [-0.4, -0.2) is 24.8 Å². The van der Waals surface area contributed by atoms with Crippen molar-refractivity contribution in [3.63, 3.8) is 0 Å². The first-order chi connectivity index (χ1) is 7.27. The summed E-state index contributed by atoms with van der Waals surface area (Å²) in [6.07, 6.45) is 3.73. The first-order valence-corrected chi connectivity index (χ1v) is 5.58. The molecular formula is C8H10ClN5S. The van der Waals surface area contributed by atoms with Gasteiger partial charge in [-0.3, -0.25) is 0 Å². The zero-order valence-electron chi connectivity index (χ0n) is 8.14. The number of hydrogen-bond acceptors (Lipinski definition) is 5. The molecule has 2 rings (SSSR count). The van der Waals surface area contributed by atoms with Gasteiger partial charge in [0.15, 0.2) is 11.0 Å². The number of anilines is 1. The molecule has 0 saturated carbocycles. The maximum Gasteiger partial charge on any atom is 0.186 e. The largest absolute Gasteiger partial charge is 0.365 e. The predicted molar refractivity (Wildman–Crippen MR) is 60.4 cm³/mol. The highest BCUT2D eigenvalue weighted by molar-refractivity contribution is 6.99. The lowest BCUT2D eigenvalue weighted by Crippen LogP contribution is -2.11. The minimum Gasteiger partial charge on any atom is -0.365 e. The Balaban J connectivity index is 1.86. The van der Waals surface area contributed by atoms with Crippen molar-refractivity contribution in [2.24, 2.45) is 0 Å². The average Bonchev–Trinajstić information content (AvgIpc) is 2.78. The van der Waals surface area contributed by atoms with Crippen molar-refractivity contribution in [3.8, 4) is 0 Å². The number of hydrogen-bond donors (Lipinski definition) is 1. The van der Waals surface area contributed by atoms with Crippen molar-refractivity contribution in [3.05, 3.63) is 23.4 Å². The highest BCUT2D eigenvalue weighted by Crippen LogP contribution is 2.17. The molecule has 80 valence electrons. The molecule has 2 heterocycles. The van der Waals surface area contributed by atoms with E-state index >= 15 is 0 Å². The lowest BCUT2D eigenvalue weighted by atomic mass is 10.5. The van der Waals surface area contributed by atoms with Gasteiger partial charge in [0, 0.05) is 25.5 Å². The van der Waals surface area contributed by atoms with E-state index in [1.165, 1.54) is 0 Å².